The highest BCUT2D eigenvalue weighted by atomic mass is 16.5. The summed E-state index contributed by atoms with van der Waals surface area (Å²) < 4.78 is 5.41. The molecule has 1 saturated heterocycles. The molecule has 138 valence electrons. The summed E-state index contributed by atoms with van der Waals surface area (Å²) in [7, 11) is 1.70. The van der Waals surface area contributed by atoms with Crippen LogP contribution in [0.2, 0.25) is 0 Å². The maximum Gasteiger partial charge on any atom is 0.243 e. The molecular formula is C18H29N5O2. The van der Waals surface area contributed by atoms with Crippen molar-refractivity contribution in [2.24, 2.45) is 4.99 Å². The molecule has 0 radical (unpaired) electrons. The molecule has 1 amide bonds. The Morgan fingerprint density at radius 3 is 2.52 bits per heavy atom. The Morgan fingerprint density at radius 1 is 1.20 bits per heavy atom. The molecule has 0 saturated carbocycles. The Balaban J connectivity index is 1.75. The number of benzene rings is 1. The highest BCUT2D eigenvalue weighted by Gasteiger charge is 2.28. The van der Waals surface area contributed by atoms with Gasteiger partial charge in [-0.3, -0.25) is 14.7 Å². The minimum absolute atomic E-state index is 0.0201. The number of anilines is 1. The third kappa shape index (κ3) is 6.36. The van der Waals surface area contributed by atoms with Crippen LogP contribution in [-0.2, 0) is 9.53 Å². The topological polar surface area (TPSA) is 78.0 Å². The number of amides is 1. The summed E-state index contributed by atoms with van der Waals surface area (Å²) in [4.78, 5) is 18.6. The van der Waals surface area contributed by atoms with Gasteiger partial charge in [0.15, 0.2) is 5.96 Å². The van der Waals surface area contributed by atoms with Crippen molar-refractivity contribution in [2.45, 2.75) is 19.4 Å². The Labute approximate surface area is 149 Å². The zero-order valence-electron chi connectivity index (χ0n) is 15.3. The van der Waals surface area contributed by atoms with E-state index in [1.165, 1.54) is 0 Å². The van der Waals surface area contributed by atoms with E-state index in [1.807, 2.05) is 30.3 Å². The predicted molar refractivity (Wildman–Crippen MR) is 101 cm³/mol. The standard InChI is InChI=1S/C18H29N5O2/c1-18(2,23-9-11-25-12-10-23)14-21-17(19-3)20-13-16(24)22-15-7-5-4-6-8-15/h4-8H,9-14H2,1-3H3,(H,22,24)(H2,19,20,21). The van der Waals surface area contributed by atoms with Crippen LogP contribution in [0.3, 0.4) is 0 Å². The number of morpholine rings is 1. The van der Waals surface area contributed by atoms with E-state index in [4.69, 9.17) is 4.74 Å². The third-order valence-electron chi connectivity index (χ3n) is 4.25. The molecule has 0 aromatic heterocycles. The maximum atomic E-state index is 12.0. The fourth-order valence-electron chi connectivity index (χ4n) is 2.69. The van der Waals surface area contributed by atoms with Crippen molar-refractivity contribution >= 4 is 17.6 Å². The average molecular weight is 347 g/mol. The van der Waals surface area contributed by atoms with Crippen LogP contribution in [-0.4, -0.2) is 68.7 Å². The molecule has 0 atom stereocenters. The molecule has 1 fully saturated rings. The fourth-order valence-corrected chi connectivity index (χ4v) is 2.69. The summed E-state index contributed by atoms with van der Waals surface area (Å²) in [6, 6.07) is 9.40. The monoisotopic (exact) mass is 347 g/mol. The van der Waals surface area contributed by atoms with Gasteiger partial charge in [0, 0.05) is 37.9 Å². The number of hydrogen-bond donors (Lipinski definition) is 3. The van der Waals surface area contributed by atoms with Crippen LogP contribution in [0.5, 0.6) is 0 Å². The van der Waals surface area contributed by atoms with Crippen LogP contribution in [0.15, 0.2) is 35.3 Å². The number of hydrogen-bond acceptors (Lipinski definition) is 4. The van der Waals surface area contributed by atoms with Gasteiger partial charge in [0.25, 0.3) is 0 Å². The summed E-state index contributed by atoms with van der Waals surface area (Å²) in [5.41, 5.74) is 0.763. The molecule has 0 bridgehead atoms. The third-order valence-corrected chi connectivity index (χ3v) is 4.25. The number of nitrogens with one attached hydrogen (secondary N) is 3. The second-order valence-electron chi connectivity index (χ2n) is 6.61. The number of guanidine groups is 1. The van der Waals surface area contributed by atoms with Gasteiger partial charge < -0.3 is 20.7 Å². The Bertz CT molecular complexity index is 568. The van der Waals surface area contributed by atoms with Crippen LogP contribution < -0.4 is 16.0 Å². The number of carbonyl (C=O) groups is 1. The van der Waals surface area contributed by atoms with Crippen molar-refractivity contribution in [1.82, 2.24) is 15.5 Å². The van der Waals surface area contributed by atoms with Gasteiger partial charge in [0.05, 0.1) is 19.8 Å². The van der Waals surface area contributed by atoms with Gasteiger partial charge in [0.2, 0.25) is 5.91 Å². The van der Waals surface area contributed by atoms with E-state index in [2.05, 4.69) is 39.7 Å². The van der Waals surface area contributed by atoms with Gasteiger partial charge in [-0.15, -0.1) is 0 Å². The van der Waals surface area contributed by atoms with Gasteiger partial charge in [-0.1, -0.05) is 18.2 Å². The first kappa shape index (κ1) is 19.2. The quantitative estimate of drug-likeness (QED) is 0.526. The molecule has 7 heteroatoms. The summed E-state index contributed by atoms with van der Waals surface area (Å²) in [5, 5.41) is 9.19. The van der Waals surface area contributed by atoms with Crippen LogP contribution in [0.1, 0.15) is 13.8 Å². The first-order valence-corrected chi connectivity index (χ1v) is 8.63. The molecule has 1 aromatic rings. The molecule has 0 spiro atoms. The second-order valence-corrected chi connectivity index (χ2v) is 6.61. The molecular weight excluding hydrogens is 318 g/mol. The second kappa shape index (κ2) is 9.39. The van der Waals surface area contributed by atoms with Crippen molar-refractivity contribution in [3.05, 3.63) is 30.3 Å². The highest BCUT2D eigenvalue weighted by Crippen LogP contribution is 2.14. The molecule has 0 unspecified atom stereocenters. The lowest BCUT2D eigenvalue weighted by atomic mass is 10.0. The number of carbonyl (C=O) groups excluding carboxylic acids is 1. The van der Waals surface area contributed by atoms with Crippen molar-refractivity contribution in [2.75, 3.05) is 51.8 Å². The van der Waals surface area contributed by atoms with Gasteiger partial charge in [-0.05, 0) is 26.0 Å². The van der Waals surface area contributed by atoms with Crippen LogP contribution in [0, 0.1) is 0 Å². The van der Waals surface area contributed by atoms with Crippen molar-refractivity contribution in [1.29, 1.82) is 0 Å². The fraction of sp³-hybridized carbons (Fsp3) is 0.556. The van der Waals surface area contributed by atoms with E-state index in [0.717, 1.165) is 38.5 Å². The maximum absolute atomic E-state index is 12.0. The molecule has 2 rings (SSSR count). The number of nitrogens with zero attached hydrogens (tertiary/aromatic N) is 2. The van der Waals surface area contributed by atoms with Crippen molar-refractivity contribution < 1.29 is 9.53 Å². The van der Waals surface area contributed by atoms with Crippen LogP contribution in [0.25, 0.3) is 0 Å². The van der Waals surface area contributed by atoms with E-state index in [-0.39, 0.29) is 18.0 Å². The Hall–Kier alpha value is -2.12. The van der Waals surface area contributed by atoms with Gasteiger partial charge in [-0.2, -0.15) is 0 Å². The smallest absolute Gasteiger partial charge is 0.243 e. The number of ether oxygens (including phenoxy) is 1. The highest BCUT2D eigenvalue weighted by molar-refractivity contribution is 5.94. The first-order valence-electron chi connectivity index (χ1n) is 8.63. The summed E-state index contributed by atoms with van der Waals surface area (Å²) >= 11 is 0. The SMILES string of the molecule is CN=C(NCC(=O)Nc1ccccc1)NCC(C)(C)N1CCOCC1. The molecule has 1 heterocycles. The Kier molecular flexibility index (Phi) is 7.21. The molecule has 25 heavy (non-hydrogen) atoms. The number of para-hydroxylation sites is 1. The normalized spacial score (nSPS) is 16.4. The average Bonchev–Trinajstić information content (AvgIpc) is 2.63. The van der Waals surface area contributed by atoms with Gasteiger partial charge in [-0.25, -0.2) is 0 Å². The molecule has 0 aliphatic carbocycles. The van der Waals surface area contributed by atoms with Gasteiger partial charge in [0.1, 0.15) is 0 Å². The van der Waals surface area contributed by atoms with Gasteiger partial charge >= 0.3 is 0 Å². The number of aliphatic imine (C=N–C) groups is 1. The van der Waals surface area contributed by atoms with E-state index in [0.29, 0.717) is 5.96 Å². The lowest BCUT2D eigenvalue weighted by molar-refractivity contribution is -0.115. The molecule has 7 nitrogen and oxygen atoms in total. The molecule has 3 N–H and O–H groups in total. The van der Waals surface area contributed by atoms with Crippen molar-refractivity contribution in [3.8, 4) is 0 Å². The first-order chi connectivity index (χ1) is 12.0. The van der Waals surface area contributed by atoms with E-state index >= 15 is 0 Å². The summed E-state index contributed by atoms with van der Waals surface area (Å²) in [5.74, 6) is 0.506. The minimum Gasteiger partial charge on any atom is -0.379 e. The lowest BCUT2D eigenvalue weighted by Gasteiger charge is -2.41. The Morgan fingerprint density at radius 2 is 1.88 bits per heavy atom. The summed E-state index contributed by atoms with van der Waals surface area (Å²) in [6.45, 7) is 8.69. The predicted octanol–water partition coefficient (Wildman–Crippen LogP) is 0.901. The van der Waals surface area contributed by atoms with Crippen LogP contribution >= 0.6 is 0 Å². The lowest BCUT2D eigenvalue weighted by Crippen LogP contribution is -2.56. The van der Waals surface area contributed by atoms with Crippen LogP contribution in [0.4, 0.5) is 5.69 Å². The minimum atomic E-state index is -0.110. The van der Waals surface area contributed by atoms with E-state index < -0.39 is 0 Å². The van der Waals surface area contributed by atoms with E-state index in [9.17, 15) is 4.79 Å². The molecule has 1 aliphatic heterocycles. The zero-order chi connectivity index (χ0) is 18.1. The van der Waals surface area contributed by atoms with E-state index in [1.54, 1.807) is 7.05 Å². The molecule has 1 aliphatic rings. The van der Waals surface area contributed by atoms with Crippen molar-refractivity contribution in [3.63, 3.8) is 0 Å². The summed E-state index contributed by atoms with van der Waals surface area (Å²) in [6.07, 6.45) is 0. The number of rotatable bonds is 6. The molecule has 1 aromatic carbocycles. The largest absolute Gasteiger partial charge is 0.379 e. The zero-order valence-corrected chi connectivity index (χ0v) is 15.3.